The quantitative estimate of drug-likeness (QED) is 0.747. The van der Waals surface area contributed by atoms with Gasteiger partial charge in [-0.25, -0.2) is 0 Å². The van der Waals surface area contributed by atoms with Gasteiger partial charge in [0.05, 0.1) is 12.0 Å². The van der Waals surface area contributed by atoms with Crippen molar-refractivity contribution in [2.75, 3.05) is 19.8 Å². The molecule has 2 N–H and O–H groups in total. The molecule has 6 heteroatoms. The number of nitrogens with one attached hydrogen (secondary N) is 1. The molecule has 2 aromatic carbocycles. The van der Waals surface area contributed by atoms with E-state index in [9.17, 15) is 14.7 Å². The lowest BCUT2D eigenvalue weighted by atomic mass is 9.99. The minimum Gasteiger partial charge on any atom is -0.491 e. The summed E-state index contributed by atoms with van der Waals surface area (Å²) in [6.07, 6.45) is 2.21. The molecule has 1 aliphatic heterocycles. The van der Waals surface area contributed by atoms with E-state index in [1.54, 1.807) is 48.5 Å². The third-order valence-corrected chi connectivity index (χ3v) is 4.54. The highest BCUT2D eigenvalue weighted by Gasteiger charge is 2.21. The highest BCUT2D eigenvalue weighted by molar-refractivity contribution is 5.94. The van der Waals surface area contributed by atoms with Gasteiger partial charge >= 0.3 is 5.97 Å². The highest BCUT2D eigenvalue weighted by Crippen LogP contribution is 2.18. The number of aliphatic carboxylic acids is 1. The van der Waals surface area contributed by atoms with Crippen LogP contribution in [0.3, 0.4) is 0 Å². The maximum atomic E-state index is 12.3. The summed E-state index contributed by atoms with van der Waals surface area (Å²) in [6.45, 7) is 1.31. The molecular weight excluding hydrogens is 346 g/mol. The number of carboxylic acid groups (broad SMARTS) is 1. The summed E-state index contributed by atoms with van der Waals surface area (Å²) in [5.41, 5.74) is 1.11. The van der Waals surface area contributed by atoms with Gasteiger partial charge in [0.2, 0.25) is 0 Å². The second kappa shape index (κ2) is 9.19. The van der Waals surface area contributed by atoms with Crippen molar-refractivity contribution < 1.29 is 24.2 Å². The Morgan fingerprint density at radius 3 is 2.52 bits per heavy atom. The first-order valence-electron chi connectivity index (χ1n) is 9.04. The van der Waals surface area contributed by atoms with E-state index >= 15 is 0 Å². The molecule has 0 bridgehead atoms. The van der Waals surface area contributed by atoms with E-state index in [-0.39, 0.29) is 18.6 Å². The summed E-state index contributed by atoms with van der Waals surface area (Å²) in [4.78, 5) is 23.8. The van der Waals surface area contributed by atoms with Crippen LogP contribution in [0.5, 0.6) is 5.75 Å². The molecule has 0 spiro atoms. The average molecular weight is 369 g/mol. The van der Waals surface area contributed by atoms with Crippen molar-refractivity contribution >= 4 is 11.9 Å². The lowest BCUT2D eigenvalue weighted by Crippen LogP contribution is -2.31. The standard InChI is InChI=1S/C21H23NO5/c23-20(22-13-19(21(24)25)15-5-2-1-3-6-15)16-8-10-17(11-9-16)27-14-18-7-4-12-26-18/h1-3,5-6,8-11,18-19H,4,7,12-14H2,(H,22,23)(H,24,25). The molecule has 6 nitrogen and oxygen atoms in total. The second-order valence-electron chi connectivity index (χ2n) is 6.48. The van der Waals surface area contributed by atoms with Crippen molar-refractivity contribution in [1.29, 1.82) is 0 Å². The van der Waals surface area contributed by atoms with Crippen molar-refractivity contribution in [1.82, 2.24) is 5.32 Å². The van der Waals surface area contributed by atoms with E-state index in [2.05, 4.69) is 5.32 Å². The summed E-state index contributed by atoms with van der Waals surface area (Å²) < 4.78 is 11.2. The van der Waals surface area contributed by atoms with Gasteiger partial charge in [-0.3, -0.25) is 9.59 Å². The Morgan fingerprint density at radius 1 is 1.15 bits per heavy atom. The van der Waals surface area contributed by atoms with E-state index in [1.165, 1.54) is 0 Å². The van der Waals surface area contributed by atoms with E-state index in [4.69, 9.17) is 9.47 Å². The number of hydrogen-bond donors (Lipinski definition) is 2. The van der Waals surface area contributed by atoms with Crippen LogP contribution >= 0.6 is 0 Å². The molecule has 0 aromatic heterocycles. The molecule has 0 saturated carbocycles. The van der Waals surface area contributed by atoms with Crippen molar-refractivity contribution in [3.63, 3.8) is 0 Å². The van der Waals surface area contributed by atoms with Gasteiger partial charge in [-0.2, -0.15) is 0 Å². The maximum absolute atomic E-state index is 12.3. The van der Waals surface area contributed by atoms with Crippen LogP contribution < -0.4 is 10.1 Å². The Balaban J connectivity index is 1.53. The molecule has 2 unspecified atom stereocenters. The van der Waals surface area contributed by atoms with Crippen LogP contribution in [0.15, 0.2) is 54.6 Å². The summed E-state index contributed by atoms with van der Waals surface area (Å²) >= 11 is 0. The van der Waals surface area contributed by atoms with Crippen LogP contribution in [0.4, 0.5) is 0 Å². The third kappa shape index (κ3) is 5.31. The predicted molar refractivity (Wildman–Crippen MR) is 100 cm³/mol. The van der Waals surface area contributed by atoms with Gasteiger partial charge in [0, 0.05) is 18.7 Å². The average Bonchev–Trinajstić information content (AvgIpc) is 3.21. The van der Waals surface area contributed by atoms with Crippen LogP contribution in [-0.2, 0) is 9.53 Å². The van der Waals surface area contributed by atoms with Crippen LogP contribution in [0.1, 0.15) is 34.7 Å². The zero-order chi connectivity index (χ0) is 19.1. The van der Waals surface area contributed by atoms with E-state index in [1.807, 2.05) is 6.07 Å². The fourth-order valence-corrected chi connectivity index (χ4v) is 3.00. The zero-order valence-corrected chi connectivity index (χ0v) is 15.0. The van der Waals surface area contributed by atoms with Gasteiger partial charge in [-0.1, -0.05) is 30.3 Å². The van der Waals surface area contributed by atoms with Gasteiger partial charge in [-0.05, 0) is 42.7 Å². The van der Waals surface area contributed by atoms with Gasteiger partial charge in [-0.15, -0.1) is 0 Å². The summed E-state index contributed by atoms with van der Waals surface area (Å²) in [5.74, 6) is -1.40. The lowest BCUT2D eigenvalue weighted by Gasteiger charge is -2.14. The van der Waals surface area contributed by atoms with Crippen LogP contribution in [0, 0.1) is 0 Å². The van der Waals surface area contributed by atoms with Crippen LogP contribution in [0.2, 0.25) is 0 Å². The molecule has 1 amide bonds. The Kier molecular flexibility index (Phi) is 6.44. The molecule has 142 valence electrons. The van der Waals surface area contributed by atoms with Crippen molar-refractivity contribution in [2.24, 2.45) is 0 Å². The number of benzene rings is 2. The van der Waals surface area contributed by atoms with Crippen molar-refractivity contribution in [3.05, 3.63) is 65.7 Å². The third-order valence-electron chi connectivity index (χ3n) is 4.54. The number of carbonyl (C=O) groups is 2. The molecule has 2 aromatic rings. The first kappa shape index (κ1) is 18.9. The minimum absolute atomic E-state index is 0.0233. The Labute approximate surface area is 158 Å². The number of ether oxygens (including phenoxy) is 2. The number of carboxylic acids is 1. The van der Waals surface area contributed by atoms with E-state index in [0.717, 1.165) is 19.4 Å². The first-order chi connectivity index (χ1) is 13.1. The normalized spacial score (nSPS) is 17.3. The molecule has 1 aliphatic rings. The van der Waals surface area contributed by atoms with Gasteiger partial charge in [0.15, 0.2) is 0 Å². The number of amides is 1. The first-order valence-corrected chi connectivity index (χ1v) is 9.04. The molecule has 1 heterocycles. The summed E-state index contributed by atoms with van der Waals surface area (Å²) in [5, 5.41) is 12.1. The number of hydrogen-bond acceptors (Lipinski definition) is 4. The molecule has 27 heavy (non-hydrogen) atoms. The molecule has 1 saturated heterocycles. The molecule has 2 atom stereocenters. The SMILES string of the molecule is O=C(NCC(C(=O)O)c1ccccc1)c1ccc(OCC2CCCO2)cc1. The minimum atomic E-state index is -0.973. The fourth-order valence-electron chi connectivity index (χ4n) is 3.00. The van der Waals surface area contributed by atoms with E-state index in [0.29, 0.717) is 23.5 Å². The predicted octanol–water partition coefficient (Wildman–Crippen LogP) is 2.84. The number of carbonyl (C=O) groups excluding carboxylic acids is 1. The molecule has 3 rings (SSSR count). The topological polar surface area (TPSA) is 84.9 Å². The monoisotopic (exact) mass is 369 g/mol. The molecular formula is C21H23NO5. The van der Waals surface area contributed by atoms with Gasteiger partial charge < -0.3 is 19.9 Å². The lowest BCUT2D eigenvalue weighted by molar-refractivity contribution is -0.138. The van der Waals surface area contributed by atoms with Crippen LogP contribution in [0.25, 0.3) is 0 Å². The fraction of sp³-hybridized carbons (Fsp3) is 0.333. The smallest absolute Gasteiger partial charge is 0.312 e. The summed E-state index contributed by atoms with van der Waals surface area (Å²) in [7, 11) is 0. The number of rotatable bonds is 8. The second-order valence-corrected chi connectivity index (χ2v) is 6.48. The molecule has 0 aliphatic carbocycles. The van der Waals surface area contributed by atoms with Crippen LogP contribution in [-0.4, -0.2) is 42.8 Å². The van der Waals surface area contributed by atoms with Crippen molar-refractivity contribution in [2.45, 2.75) is 24.9 Å². The van der Waals surface area contributed by atoms with Gasteiger partial charge in [0.25, 0.3) is 5.91 Å². The Bertz CT molecular complexity index is 754. The summed E-state index contributed by atoms with van der Waals surface area (Å²) in [6, 6.07) is 15.7. The van der Waals surface area contributed by atoms with Gasteiger partial charge in [0.1, 0.15) is 12.4 Å². The van der Waals surface area contributed by atoms with E-state index < -0.39 is 11.9 Å². The Hall–Kier alpha value is -2.86. The molecule has 1 fully saturated rings. The highest BCUT2D eigenvalue weighted by atomic mass is 16.5. The molecule has 0 radical (unpaired) electrons. The zero-order valence-electron chi connectivity index (χ0n) is 15.0. The largest absolute Gasteiger partial charge is 0.491 e. The maximum Gasteiger partial charge on any atom is 0.312 e. The van der Waals surface area contributed by atoms with Crippen molar-refractivity contribution in [3.8, 4) is 5.75 Å². The Morgan fingerprint density at radius 2 is 1.89 bits per heavy atom.